The number of aromatic nitrogens is 1. The monoisotopic (exact) mass is 396 g/mol. The average molecular weight is 396 g/mol. The number of likely N-dealkylation sites (N-methyl/N-ethyl adjacent to an activating group) is 1. The molecule has 0 spiro atoms. The van der Waals surface area contributed by atoms with E-state index in [4.69, 9.17) is 13.9 Å². The second kappa shape index (κ2) is 8.77. The minimum Gasteiger partial charge on any atom is -0.496 e. The molecule has 0 unspecified atom stereocenters. The minimum atomic E-state index is -0.531. The number of ether oxygens (including phenoxy) is 2. The molecule has 0 N–H and O–H groups in total. The van der Waals surface area contributed by atoms with E-state index in [-0.39, 0.29) is 12.3 Å². The zero-order valence-corrected chi connectivity index (χ0v) is 17.0. The van der Waals surface area contributed by atoms with Crippen molar-refractivity contribution in [2.24, 2.45) is 0 Å². The number of amides is 1. The molecule has 0 bridgehead atoms. The predicted molar refractivity (Wildman–Crippen MR) is 110 cm³/mol. The molecule has 29 heavy (non-hydrogen) atoms. The van der Waals surface area contributed by atoms with Gasteiger partial charge in [-0.15, -0.1) is 0 Å². The Hall–Kier alpha value is -3.35. The van der Waals surface area contributed by atoms with Crippen LogP contribution in [0.3, 0.4) is 0 Å². The SMILES string of the molecule is COc1cc(OC)c2c(C)c(CC(=O)N(C)CCc3ccccn3)c(=O)oc2c1. The molecule has 0 aliphatic carbocycles. The highest BCUT2D eigenvalue weighted by Gasteiger charge is 2.20. The lowest BCUT2D eigenvalue weighted by Crippen LogP contribution is -2.32. The van der Waals surface area contributed by atoms with Gasteiger partial charge in [-0.3, -0.25) is 9.78 Å². The van der Waals surface area contributed by atoms with Gasteiger partial charge in [-0.05, 0) is 24.6 Å². The van der Waals surface area contributed by atoms with Gasteiger partial charge in [0, 0.05) is 44.0 Å². The van der Waals surface area contributed by atoms with Crippen LogP contribution in [0.1, 0.15) is 16.8 Å². The van der Waals surface area contributed by atoms with Crippen LogP contribution in [0.2, 0.25) is 0 Å². The molecule has 1 amide bonds. The third-order valence-electron chi connectivity index (χ3n) is 4.96. The topological polar surface area (TPSA) is 81.9 Å². The summed E-state index contributed by atoms with van der Waals surface area (Å²) in [5.74, 6) is 0.885. The highest BCUT2D eigenvalue weighted by molar-refractivity contribution is 5.90. The molecular weight excluding hydrogens is 372 g/mol. The van der Waals surface area contributed by atoms with Gasteiger partial charge in [0.15, 0.2) is 0 Å². The number of nitrogens with zero attached hydrogens (tertiary/aromatic N) is 2. The Kier molecular flexibility index (Phi) is 6.16. The number of pyridine rings is 1. The van der Waals surface area contributed by atoms with E-state index in [1.807, 2.05) is 18.2 Å². The van der Waals surface area contributed by atoms with E-state index < -0.39 is 5.63 Å². The maximum absolute atomic E-state index is 12.7. The molecule has 7 heteroatoms. The summed E-state index contributed by atoms with van der Waals surface area (Å²) < 4.78 is 16.1. The molecule has 3 rings (SSSR count). The van der Waals surface area contributed by atoms with E-state index in [0.29, 0.717) is 46.6 Å². The zero-order chi connectivity index (χ0) is 21.0. The van der Waals surface area contributed by atoms with Crippen molar-refractivity contribution in [3.8, 4) is 11.5 Å². The van der Waals surface area contributed by atoms with Crippen molar-refractivity contribution in [3.63, 3.8) is 0 Å². The molecule has 0 radical (unpaired) electrons. The first-order chi connectivity index (χ1) is 13.9. The number of rotatable bonds is 7. The van der Waals surface area contributed by atoms with Crippen molar-refractivity contribution in [2.75, 3.05) is 27.8 Å². The number of carbonyl (C=O) groups excluding carboxylic acids is 1. The van der Waals surface area contributed by atoms with Crippen LogP contribution in [0.15, 0.2) is 45.7 Å². The molecule has 0 aliphatic heterocycles. The summed E-state index contributed by atoms with van der Waals surface area (Å²) in [4.78, 5) is 31.1. The molecule has 0 aliphatic rings. The lowest BCUT2D eigenvalue weighted by atomic mass is 10.0. The summed E-state index contributed by atoms with van der Waals surface area (Å²) in [6.07, 6.45) is 2.32. The number of hydrogen-bond donors (Lipinski definition) is 0. The normalized spacial score (nSPS) is 10.8. The van der Waals surface area contributed by atoms with Crippen LogP contribution in [0.4, 0.5) is 0 Å². The largest absolute Gasteiger partial charge is 0.496 e. The zero-order valence-electron chi connectivity index (χ0n) is 17.0. The summed E-state index contributed by atoms with van der Waals surface area (Å²) in [5.41, 5.74) is 1.74. The molecule has 2 heterocycles. The number of fused-ring (bicyclic) bond motifs is 1. The van der Waals surface area contributed by atoms with Crippen LogP contribution in [-0.2, 0) is 17.6 Å². The van der Waals surface area contributed by atoms with Crippen LogP contribution in [0.25, 0.3) is 11.0 Å². The Bertz CT molecular complexity index is 1080. The number of carbonyl (C=O) groups is 1. The second-order valence-corrected chi connectivity index (χ2v) is 6.76. The molecule has 1 aromatic carbocycles. The van der Waals surface area contributed by atoms with Crippen molar-refractivity contribution >= 4 is 16.9 Å². The van der Waals surface area contributed by atoms with Crippen LogP contribution in [-0.4, -0.2) is 43.6 Å². The Morgan fingerprint density at radius 2 is 2.00 bits per heavy atom. The Morgan fingerprint density at radius 3 is 2.66 bits per heavy atom. The van der Waals surface area contributed by atoms with Gasteiger partial charge >= 0.3 is 5.63 Å². The third-order valence-corrected chi connectivity index (χ3v) is 4.96. The standard InChI is InChI=1S/C22H24N2O5/c1-14-17(13-20(25)24(2)10-8-15-7-5-6-9-23-15)22(26)29-19-12-16(27-3)11-18(28-4)21(14)19/h5-7,9,11-12H,8,10,13H2,1-4H3. The van der Waals surface area contributed by atoms with Crippen molar-refractivity contribution in [1.82, 2.24) is 9.88 Å². The summed E-state index contributed by atoms with van der Waals surface area (Å²) in [7, 11) is 4.78. The smallest absolute Gasteiger partial charge is 0.340 e. The minimum absolute atomic E-state index is 0.0436. The lowest BCUT2D eigenvalue weighted by molar-refractivity contribution is -0.129. The molecule has 0 atom stereocenters. The van der Waals surface area contributed by atoms with Crippen molar-refractivity contribution in [1.29, 1.82) is 0 Å². The molecule has 7 nitrogen and oxygen atoms in total. The fraction of sp³-hybridized carbons (Fsp3) is 0.318. The van der Waals surface area contributed by atoms with Gasteiger partial charge in [0.25, 0.3) is 0 Å². The molecule has 0 saturated carbocycles. The maximum Gasteiger partial charge on any atom is 0.340 e. The van der Waals surface area contributed by atoms with Crippen molar-refractivity contribution in [2.45, 2.75) is 19.8 Å². The fourth-order valence-electron chi connectivity index (χ4n) is 3.20. The molecule has 2 aromatic heterocycles. The Morgan fingerprint density at radius 1 is 1.21 bits per heavy atom. The first-order valence-corrected chi connectivity index (χ1v) is 9.26. The third kappa shape index (κ3) is 4.39. The van der Waals surface area contributed by atoms with E-state index in [2.05, 4.69) is 4.98 Å². The van der Waals surface area contributed by atoms with Crippen LogP contribution in [0, 0.1) is 6.92 Å². The first-order valence-electron chi connectivity index (χ1n) is 9.26. The van der Waals surface area contributed by atoms with Crippen LogP contribution < -0.4 is 15.1 Å². The van der Waals surface area contributed by atoms with Gasteiger partial charge in [0.05, 0.1) is 31.6 Å². The van der Waals surface area contributed by atoms with Crippen LogP contribution in [0.5, 0.6) is 11.5 Å². The molecule has 152 valence electrons. The summed E-state index contributed by atoms with van der Waals surface area (Å²) >= 11 is 0. The van der Waals surface area contributed by atoms with E-state index in [1.165, 1.54) is 14.2 Å². The summed E-state index contributed by atoms with van der Waals surface area (Å²) in [5, 5.41) is 0.659. The molecule has 3 aromatic rings. The Balaban J connectivity index is 1.85. The second-order valence-electron chi connectivity index (χ2n) is 6.76. The predicted octanol–water partition coefficient (Wildman–Crippen LogP) is 2.76. The highest BCUT2D eigenvalue weighted by atomic mass is 16.5. The maximum atomic E-state index is 12.7. The van der Waals surface area contributed by atoms with E-state index in [9.17, 15) is 9.59 Å². The fourth-order valence-corrected chi connectivity index (χ4v) is 3.20. The summed E-state index contributed by atoms with van der Waals surface area (Å²) in [6, 6.07) is 9.04. The van der Waals surface area contributed by atoms with Gasteiger partial charge in [0.1, 0.15) is 17.1 Å². The van der Waals surface area contributed by atoms with Crippen molar-refractivity contribution < 1.29 is 18.7 Å². The summed E-state index contributed by atoms with van der Waals surface area (Å²) in [6.45, 7) is 2.30. The van der Waals surface area contributed by atoms with Crippen LogP contribution >= 0.6 is 0 Å². The number of hydrogen-bond acceptors (Lipinski definition) is 6. The van der Waals surface area contributed by atoms with Gasteiger partial charge in [0.2, 0.25) is 5.91 Å². The quantitative estimate of drug-likeness (QED) is 0.571. The highest BCUT2D eigenvalue weighted by Crippen LogP contribution is 2.33. The average Bonchev–Trinajstić information content (AvgIpc) is 2.74. The molecular formula is C22H24N2O5. The number of aryl methyl sites for hydroxylation is 1. The first kappa shape index (κ1) is 20.4. The molecule has 0 saturated heterocycles. The van der Waals surface area contributed by atoms with E-state index >= 15 is 0 Å². The number of benzene rings is 1. The van der Waals surface area contributed by atoms with E-state index in [0.717, 1.165) is 5.69 Å². The van der Waals surface area contributed by atoms with Gasteiger partial charge in [-0.2, -0.15) is 0 Å². The van der Waals surface area contributed by atoms with Crippen molar-refractivity contribution in [3.05, 3.63) is 63.8 Å². The molecule has 0 fully saturated rings. The van der Waals surface area contributed by atoms with Gasteiger partial charge in [-0.1, -0.05) is 6.07 Å². The Labute approximate surface area is 168 Å². The lowest BCUT2D eigenvalue weighted by Gasteiger charge is -2.18. The number of methoxy groups -OCH3 is 2. The van der Waals surface area contributed by atoms with Gasteiger partial charge in [-0.25, -0.2) is 4.79 Å². The van der Waals surface area contributed by atoms with Gasteiger partial charge < -0.3 is 18.8 Å². The van der Waals surface area contributed by atoms with E-state index in [1.54, 1.807) is 37.2 Å².